The van der Waals surface area contributed by atoms with E-state index in [4.69, 9.17) is 0 Å². The number of aromatic nitrogens is 5. The maximum Gasteiger partial charge on any atom is 0.230 e. The molecule has 0 fully saturated rings. The molecule has 0 spiro atoms. The number of aromatic amines is 1. The Morgan fingerprint density at radius 1 is 1.43 bits per heavy atom. The van der Waals surface area contributed by atoms with E-state index in [1.54, 1.807) is 4.68 Å². The summed E-state index contributed by atoms with van der Waals surface area (Å²) in [5, 5.41) is 7.15. The second-order valence-electron chi connectivity index (χ2n) is 5.47. The van der Waals surface area contributed by atoms with Crippen LogP contribution in [0.15, 0.2) is 0 Å². The number of aryl methyl sites for hydroxylation is 4. The van der Waals surface area contributed by atoms with Gasteiger partial charge in [-0.1, -0.05) is 0 Å². The monoisotopic (exact) mass is 288 g/mol. The number of anilines is 1. The molecule has 7 nitrogen and oxygen atoms in total. The largest absolute Gasteiger partial charge is 0.346 e. The highest BCUT2D eigenvalue weighted by molar-refractivity contribution is 5.91. The minimum Gasteiger partial charge on any atom is -0.346 e. The number of nitrogens with one attached hydrogen (secondary N) is 2. The number of H-pyrrole nitrogens is 1. The van der Waals surface area contributed by atoms with Crippen LogP contribution in [-0.2, 0) is 24.2 Å². The molecule has 2 heterocycles. The van der Waals surface area contributed by atoms with Crippen molar-refractivity contribution in [1.82, 2.24) is 24.7 Å². The molecule has 1 atom stereocenters. The molecule has 21 heavy (non-hydrogen) atoms. The molecule has 2 aromatic heterocycles. The lowest BCUT2D eigenvalue weighted by molar-refractivity contribution is -0.120. The van der Waals surface area contributed by atoms with Crippen LogP contribution in [0.2, 0.25) is 0 Å². The lowest BCUT2D eigenvalue weighted by Gasteiger charge is -2.20. The maximum atomic E-state index is 12.4. The fraction of sp³-hybridized carbons (Fsp3) is 0.571. The van der Waals surface area contributed by atoms with Gasteiger partial charge in [0, 0.05) is 24.6 Å². The van der Waals surface area contributed by atoms with Crippen molar-refractivity contribution in [1.29, 1.82) is 0 Å². The molecule has 1 aliphatic rings. The number of carbonyl (C=O) groups is 1. The van der Waals surface area contributed by atoms with E-state index in [9.17, 15) is 4.79 Å². The number of hydrogen-bond acceptors (Lipinski definition) is 4. The van der Waals surface area contributed by atoms with Crippen LogP contribution < -0.4 is 5.32 Å². The quantitative estimate of drug-likeness (QED) is 0.893. The molecule has 0 radical (unpaired) electrons. The van der Waals surface area contributed by atoms with Crippen molar-refractivity contribution in [3.8, 4) is 0 Å². The van der Waals surface area contributed by atoms with Gasteiger partial charge in [-0.2, -0.15) is 10.1 Å². The first-order valence-corrected chi connectivity index (χ1v) is 7.33. The number of fused-ring (bicyclic) bond motifs is 1. The third kappa shape index (κ3) is 2.68. The van der Waals surface area contributed by atoms with Crippen molar-refractivity contribution in [3.63, 3.8) is 0 Å². The first kappa shape index (κ1) is 13.8. The molecule has 0 aliphatic heterocycles. The third-order valence-electron chi connectivity index (χ3n) is 3.85. The molecule has 0 aromatic carbocycles. The van der Waals surface area contributed by atoms with Crippen LogP contribution >= 0.6 is 0 Å². The number of carbonyl (C=O) groups excluding carboxylic acids is 1. The first-order valence-electron chi connectivity index (χ1n) is 7.33. The summed E-state index contributed by atoms with van der Waals surface area (Å²) in [4.78, 5) is 24.4. The Hall–Kier alpha value is -2.18. The van der Waals surface area contributed by atoms with Gasteiger partial charge in [-0.25, -0.2) is 9.67 Å². The van der Waals surface area contributed by atoms with Crippen molar-refractivity contribution in [2.24, 2.45) is 5.92 Å². The first-order chi connectivity index (χ1) is 10.1. The van der Waals surface area contributed by atoms with Gasteiger partial charge >= 0.3 is 0 Å². The van der Waals surface area contributed by atoms with Gasteiger partial charge in [-0.3, -0.25) is 10.1 Å². The molecular formula is C14H20N6O. The zero-order valence-corrected chi connectivity index (χ0v) is 12.6. The van der Waals surface area contributed by atoms with E-state index in [0.29, 0.717) is 24.7 Å². The van der Waals surface area contributed by atoms with E-state index in [1.807, 2.05) is 20.8 Å². The number of nitrogens with zero attached hydrogens (tertiary/aromatic N) is 4. The Morgan fingerprint density at radius 2 is 2.24 bits per heavy atom. The molecule has 112 valence electrons. The lowest BCUT2D eigenvalue weighted by Crippen LogP contribution is -2.29. The van der Waals surface area contributed by atoms with Gasteiger partial charge in [0.1, 0.15) is 11.6 Å². The average molecular weight is 288 g/mol. The Balaban J connectivity index is 1.72. The Morgan fingerprint density at radius 3 is 3.00 bits per heavy atom. The molecule has 1 amide bonds. The predicted octanol–water partition coefficient (Wildman–Crippen LogP) is 1.38. The van der Waals surface area contributed by atoms with Gasteiger partial charge < -0.3 is 4.98 Å². The van der Waals surface area contributed by atoms with Crippen molar-refractivity contribution in [2.75, 3.05) is 5.32 Å². The lowest BCUT2D eigenvalue weighted by atomic mass is 9.89. The SMILES string of the molecule is CCn1nc(C)nc1NC(=O)C1CCc2nc(C)[nH]c2C1. The topological polar surface area (TPSA) is 88.5 Å². The summed E-state index contributed by atoms with van der Waals surface area (Å²) in [7, 11) is 0. The highest BCUT2D eigenvalue weighted by Crippen LogP contribution is 2.24. The molecule has 0 bridgehead atoms. The Labute approximate surface area is 123 Å². The van der Waals surface area contributed by atoms with Crippen molar-refractivity contribution in [2.45, 2.75) is 46.6 Å². The summed E-state index contributed by atoms with van der Waals surface area (Å²) in [6, 6.07) is 0. The highest BCUT2D eigenvalue weighted by Gasteiger charge is 2.27. The van der Waals surface area contributed by atoms with E-state index in [-0.39, 0.29) is 11.8 Å². The van der Waals surface area contributed by atoms with Crippen molar-refractivity contribution >= 4 is 11.9 Å². The zero-order valence-electron chi connectivity index (χ0n) is 12.6. The minimum atomic E-state index is -0.0420. The second kappa shape index (κ2) is 5.31. The van der Waals surface area contributed by atoms with Crippen LogP contribution in [0, 0.1) is 19.8 Å². The summed E-state index contributed by atoms with van der Waals surface area (Å²) in [5.41, 5.74) is 2.19. The van der Waals surface area contributed by atoms with Gasteiger partial charge in [0.15, 0.2) is 0 Å². The molecule has 2 aromatic rings. The summed E-state index contributed by atoms with van der Waals surface area (Å²) in [5.74, 6) is 2.09. The molecule has 3 rings (SSSR count). The maximum absolute atomic E-state index is 12.4. The summed E-state index contributed by atoms with van der Waals surface area (Å²) in [6.45, 7) is 6.43. The fourth-order valence-corrected chi connectivity index (χ4v) is 2.83. The number of rotatable bonds is 3. The molecule has 2 N–H and O–H groups in total. The molecule has 0 saturated heterocycles. The fourth-order valence-electron chi connectivity index (χ4n) is 2.83. The molecule has 1 aliphatic carbocycles. The molecule has 7 heteroatoms. The van der Waals surface area contributed by atoms with Crippen LogP contribution in [-0.4, -0.2) is 30.6 Å². The van der Waals surface area contributed by atoms with Gasteiger partial charge in [0.25, 0.3) is 0 Å². The van der Waals surface area contributed by atoms with Gasteiger partial charge in [0.05, 0.1) is 5.69 Å². The van der Waals surface area contributed by atoms with E-state index in [0.717, 1.165) is 30.1 Å². The summed E-state index contributed by atoms with van der Waals surface area (Å²) >= 11 is 0. The van der Waals surface area contributed by atoms with E-state index in [2.05, 4.69) is 25.4 Å². The van der Waals surface area contributed by atoms with Gasteiger partial charge in [-0.15, -0.1) is 0 Å². The number of amides is 1. The summed E-state index contributed by atoms with van der Waals surface area (Å²) < 4.78 is 1.71. The van der Waals surface area contributed by atoms with Crippen molar-refractivity contribution in [3.05, 3.63) is 23.0 Å². The normalized spacial score (nSPS) is 17.6. The van der Waals surface area contributed by atoms with Crippen LogP contribution in [0.5, 0.6) is 0 Å². The van der Waals surface area contributed by atoms with E-state index >= 15 is 0 Å². The Bertz CT molecular complexity index is 671. The highest BCUT2D eigenvalue weighted by atomic mass is 16.2. The van der Waals surface area contributed by atoms with Crippen LogP contribution in [0.3, 0.4) is 0 Å². The van der Waals surface area contributed by atoms with Crippen LogP contribution in [0.25, 0.3) is 0 Å². The van der Waals surface area contributed by atoms with Crippen LogP contribution in [0.4, 0.5) is 5.95 Å². The molecular weight excluding hydrogens is 268 g/mol. The molecule has 1 unspecified atom stereocenters. The summed E-state index contributed by atoms with van der Waals surface area (Å²) in [6.07, 6.45) is 2.38. The smallest absolute Gasteiger partial charge is 0.230 e. The predicted molar refractivity (Wildman–Crippen MR) is 77.9 cm³/mol. The van der Waals surface area contributed by atoms with Gasteiger partial charge in [-0.05, 0) is 33.6 Å². The van der Waals surface area contributed by atoms with Crippen molar-refractivity contribution < 1.29 is 4.79 Å². The minimum absolute atomic E-state index is 0.00926. The van der Waals surface area contributed by atoms with E-state index in [1.165, 1.54) is 0 Å². The van der Waals surface area contributed by atoms with Gasteiger partial charge in [0.2, 0.25) is 11.9 Å². The van der Waals surface area contributed by atoms with Crippen LogP contribution in [0.1, 0.15) is 36.4 Å². The second-order valence-corrected chi connectivity index (χ2v) is 5.47. The van der Waals surface area contributed by atoms with E-state index < -0.39 is 0 Å². The zero-order chi connectivity index (χ0) is 15.0. The Kier molecular flexibility index (Phi) is 3.48. The average Bonchev–Trinajstić information content (AvgIpc) is 2.99. The number of hydrogen-bond donors (Lipinski definition) is 2. The molecule has 0 saturated carbocycles. The third-order valence-corrected chi connectivity index (χ3v) is 3.85. The number of imidazole rings is 1. The standard InChI is InChI=1S/C14H20N6O/c1-4-20-14(17-9(3)19-20)18-13(21)10-5-6-11-12(7-10)16-8(2)15-11/h10H,4-7H2,1-3H3,(H,15,16)(H,17,18,19,21).